The summed E-state index contributed by atoms with van der Waals surface area (Å²) in [6, 6.07) is 20.1. The highest BCUT2D eigenvalue weighted by Crippen LogP contribution is 2.49. The standard InChI is InChI=1S/C25H14F2S3/c1-13-10-18-23(28-13)19-11-21(14-2-6-16(26)7-3-14)30-25(19)20-12-22(29-24(18)20)15-4-8-17(27)9-5-15/h2-12H,1H3. The summed E-state index contributed by atoms with van der Waals surface area (Å²) in [7, 11) is 0. The van der Waals surface area contributed by atoms with Crippen LogP contribution in [0.15, 0.2) is 66.7 Å². The molecule has 0 unspecified atom stereocenters. The molecule has 0 saturated heterocycles. The number of halogens is 2. The van der Waals surface area contributed by atoms with Crippen molar-refractivity contribution in [3.05, 3.63) is 83.2 Å². The van der Waals surface area contributed by atoms with Crippen LogP contribution in [0.5, 0.6) is 0 Å². The van der Waals surface area contributed by atoms with Crippen molar-refractivity contribution < 1.29 is 8.78 Å². The van der Waals surface area contributed by atoms with Gasteiger partial charge in [-0.1, -0.05) is 24.3 Å². The third kappa shape index (κ3) is 2.81. The van der Waals surface area contributed by atoms with Crippen molar-refractivity contribution in [1.82, 2.24) is 0 Å². The average molecular weight is 449 g/mol. The topological polar surface area (TPSA) is 0 Å². The Hall–Kier alpha value is -2.60. The minimum Gasteiger partial charge on any atom is -0.207 e. The Morgan fingerprint density at radius 3 is 1.40 bits per heavy atom. The van der Waals surface area contributed by atoms with Crippen molar-refractivity contribution >= 4 is 64.3 Å². The lowest BCUT2D eigenvalue weighted by molar-refractivity contribution is 0.627. The van der Waals surface area contributed by atoms with Gasteiger partial charge in [-0.3, -0.25) is 0 Å². The molecular formula is C25H14F2S3. The molecule has 30 heavy (non-hydrogen) atoms. The molecule has 0 aliphatic heterocycles. The normalized spacial score (nSPS) is 11.8. The Morgan fingerprint density at radius 1 is 0.533 bits per heavy atom. The monoisotopic (exact) mass is 448 g/mol. The Kier molecular flexibility index (Phi) is 4.07. The van der Waals surface area contributed by atoms with Gasteiger partial charge in [0.05, 0.1) is 0 Å². The van der Waals surface area contributed by atoms with Crippen LogP contribution in [-0.2, 0) is 0 Å². The number of rotatable bonds is 2. The maximum atomic E-state index is 13.4. The van der Waals surface area contributed by atoms with E-state index in [1.807, 2.05) is 35.6 Å². The second-order valence-corrected chi connectivity index (χ2v) is 10.7. The third-order valence-electron chi connectivity index (χ3n) is 5.31. The SMILES string of the molecule is Cc1cc2c(s1)c1cc(-c3ccc(F)cc3)sc1c1cc(-c3ccc(F)cc3)sc21. The van der Waals surface area contributed by atoms with Crippen molar-refractivity contribution in [3.63, 3.8) is 0 Å². The van der Waals surface area contributed by atoms with Crippen molar-refractivity contribution in [3.8, 4) is 20.9 Å². The van der Waals surface area contributed by atoms with E-state index in [9.17, 15) is 8.78 Å². The molecule has 0 bridgehead atoms. The van der Waals surface area contributed by atoms with Crippen LogP contribution in [0.3, 0.4) is 0 Å². The van der Waals surface area contributed by atoms with E-state index in [1.54, 1.807) is 22.7 Å². The van der Waals surface area contributed by atoms with Gasteiger partial charge in [-0.15, -0.1) is 34.0 Å². The van der Waals surface area contributed by atoms with Gasteiger partial charge in [0, 0.05) is 44.9 Å². The number of thiophene rings is 3. The molecule has 0 radical (unpaired) electrons. The molecule has 3 aromatic carbocycles. The van der Waals surface area contributed by atoms with Crippen LogP contribution >= 0.6 is 34.0 Å². The summed E-state index contributed by atoms with van der Waals surface area (Å²) < 4.78 is 30.6. The van der Waals surface area contributed by atoms with Crippen molar-refractivity contribution in [2.75, 3.05) is 0 Å². The van der Waals surface area contributed by atoms with Crippen molar-refractivity contribution in [1.29, 1.82) is 0 Å². The molecule has 0 aliphatic rings. The van der Waals surface area contributed by atoms with E-state index in [-0.39, 0.29) is 11.6 Å². The van der Waals surface area contributed by atoms with Gasteiger partial charge in [-0.05, 0) is 60.5 Å². The minimum absolute atomic E-state index is 0.222. The predicted octanol–water partition coefficient (Wildman–Crippen LogP) is 9.25. The summed E-state index contributed by atoms with van der Waals surface area (Å²) in [5.41, 5.74) is 2.06. The first-order valence-electron chi connectivity index (χ1n) is 9.48. The van der Waals surface area contributed by atoms with Crippen LogP contribution < -0.4 is 0 Å². The van der Waals surface area contributed by atoms with E-state index in [1.165, 1.54) is 59.4 Å². The lowest BCUT2D eigenvalue weighted by Gasteiger charge is -1.96. The zero-order valence-corrected chi connectivity index (χ0v) is 18.3. The Bertz CT molecular complexity index is 1430. The van der Waals surface area contributed by atoms with Gasteiger partial charge < -0.3 is 0 Å². The zero-order valence-electron chi connectivity index (χ0n) is 15.8. The third-order valence-corrected chi connectivity index (χ3v) is 8.83. The molecule has 146 valence electrons. The first-order chi connectivity index (χ1) is 14.6. The summed E-state index contributed by atoms with van der Waals surface area (Å²) >= 11 is 5.33. The molecule has 0 spiro atoms. The fourth-order valence-corrected chi connectivity index (χ4v) is 7.53. The molecule has 6 aromatic rings. The quantitative estimate of drug-likeness (QED) is 0.248. The highest BCUT2D eigenvalue weighted by Gasteiger charge is 2.18. The minimum atomic E-state index is -0.222. The van der Waals surface area contributed by atoms with Crippen LogP contribution in [0.1, 0.15) is 4.88 Å². The van der Waals surface area contributed by atoms with E-state index < -0.39 is 0 Å². The van der Waals surface area contributed by atoms with Crippen LogP contribution in [0.25, 0.3) is 51.1 Å². The van der Waals surface area contributed by atoms with Crippen LogP contribution in [0, 0.1) is 18.6 Å². The number of aryl methyl sites for hydroxylation is 1. The lowest BCUT2D eigenvalue weighted by atomic mass is 10.1. The van der Waals surface area contributed by atoms with Crippen molar-refractivity contribution in [2.45, 2.75) is 6.92 Å². The maximum Gasteiger partial charge on any atom is 0.123 e. The molecule has 0 nitrogen and oxygen atoms in total. The summed E-state index contributed by atoms with van der Waals surface area (Å²) in [5, 5.41) is 3.77. The zero-order chi connectivity index (χ0) is 20.4. The largest absolute Gasteiger partial charge is 0.207 e. The molecule has 6 rings (SSSR count). The van der Waals surface area contributed by atoms with Gasteiger partial charge in [0.2, 0.25) is 0 Å². The second-order valence-electron chi connectivity index (χ2n) is 7.32. The molecule has 0 N–H and O–H groups in total. The van der Waals surface area contributed by atoms with Crippen LogP contribution in [0.2, 0.25) is 0 Å². The number of hydrogen-bond acceptors (Lipinski definition) is 3. The fraction of sp³-hybridized carbons (Fsp3) is 0.0400. The number of benzene rings is 3. The molecular weight excluding hydrogens is 434 g/mol. The molecule has 5 heteroatoms. The average Bonchev–Trinajstić information content (AvgIpc) is 3.44. The first kappa shape index (κ1) is 18.2. The summed E-state index contributed by atoms with van der Waals surface area (Å²) in [6.07, 6.45) is 0. The molecule has 0 atom stereocenters. The Labute approximate surface area is 183 Å². The highest BCUT2D eigenvalue weighted by atomic mass is 32.1. The van der Waals surface area contributed by atoms with E-state index in [0.29, 0.717) is 0 Å². The number of fused-ring (bicyclic) bond motifs is 6. The van der Waals surface area contributed by atoms with Gasteiger partial charge in [0.1, 0.15) is 11.6 Å². The predicted molar refractivity (Wildman–Crippen MR) is 128 cm³/mol. The molecule has 0 fully saturated rings. The van der Waals surface area contributed by atoms with Crippen molar-refractivity contribution in [2.24, 2.45) is 0 Å². The Morgan fingerprint density at radius 2 is 0.933 bits per heavy atom. The molecule has 3 aromatic heterocycles. The molecule has 3 heterocycles. The lowest BCUT2D eigenvalue weighted by Crippen LogP contribution is -1.73. The second kappa shape index (κ2) is 6.71. The van der Waals surface area contributed by atoms with Gasteiger partial charge in [-0.25, -0.2) is 8.78 Å². The first-order valence-corrected chi connectivity index (χ1v) is 11.9. The smallest absolute Gasteiger partial charge is 0.123 e. The van der Waals surface area contributed by atoms with Gasteiger partial charge >= 0.3 is 0 Å². The number of hydrogen-bond donors (Lipinski definition) is 0. The summed E-state index contributed by atoms with van der Waals surface area (Å²) in [5.74, 6) is -0.444. The fourth-order valence-electron chi connectivity index (χ4n) is 3.92. The van der Waals surface area contributed by atoms with Crippen LogP contribution in [-0.4, -0.2) is 0 Å². The van der Waals surface area contributed by atoms with Gasteiger partial charge in [0.25, 0.3) is 0 Å². The summed E-state index contributed by atoms with van der Waals surface area (Å²) in [6.45, 7) is 2.14. The van der Waals surface area contributed by atoms with E-state index >= 15 is 0 Å². The van der Waals surface area contributed by atoms with Gasteiger partial charge in [0.15, 0.2) is 0 Å². The maximum absolute atomic E-state index is 13.4. The van der Waals surface area contributed by atoms with Gasteiger partial charge in [-0.2, -0.15) is 0 Å². The van der Waals surface area contributed by atoms with E-state index in [4.69, 9.17) is 0 Å². The van der Waals surface area contributed by atoms with E-state index in [2.05, 4.69) is 25.1 Å². The molecule has 0 saturated carbocycles. The highest BCUT2D eigenvalue weighted by molar-refractivity contribution is 7.29. The van der Waals surface area contributed by atoms with Crippen LogP contribution in [0.4, 0.5) is 8.78 Å². The van der Waals surface area contributed by atoms with E-state index in [0.717, 1.165) is 20.9 Å². The summed E-state index contributed by atoms with van der Waals surface area (Å²) in [4.78, 5) is 3.56. The molecule has 0 amide bonds. The molecule has 0 aliphatic carbocycles. The Balaban J connectivity index is 1.67.